The zero-order valence-electron chi connectivity index (χ0n) is 19.4. The first-order valence-electron chi connectivity index (χ1n) is 11.1. The van der Waals surface area contributed by atoms with Gasteiger partial charge in [0, 0.05) is 23.6 Å². The van der Waals surface area contributed by atoms with E-state index in [-0.39, 0.29) is 11.7 Å². The smallest absolute Gasteiger partial charge is 0.280 e. The maximum atomic E-state index is 11.6. The summed E-state index contributed by atoms with van der Waals surface area (Å²) in [4.78, 5) is 17.5. The molecular weight excluding hydrogens is 514 g/mol. The van der Waals surface area contributed by atoms with Gasteiger partial charge in [0.1, 0.15) is 17.6 Å². The maximum absolute atomic E-state index is 11.6. The lowest BCUT2D eigenvalue weighted by Gasteiger charge is -2.26. The third kappa shape index (κ3) is 5.01. The fourth-order valence-electron chi connectivity index (χ4n) is 4.32. The molecule has 0 radical (unpaired) electrons. The van der Waals surface area contributed by atoms with Crippen LogP contribution in [-0.2, 0) is 10.0 Å². The molecule has 2 aromatic heterocycles. The molecule has 37 heavy (non-hydrogen) atoms. The predicted molar refractivity (Wildman–Crippen MR) is 144 cm³/mol. The first kappa shape index (κ1) is 24.4. The standard InChI is InChI=1S/C25H21N5O5S2/c1-37(33,34)28-16-9-11-17(12-10-16)29-24(23(27-25(29)36)19-7-4-5-15-26-19)22-14-13-21(35-22)18-6-2-3-8-20(18)30(31)32/h2-15,23-24,28H,1H3,(H,27,36)/t23-,24-/m0/s1. The number of para-hydroxylation sites is 1. The summed E-state index contributed by atoms with van der Waals surface area (Å²) in [7, 11) is -3.42. The van der Waals surface area contributed by atoms with Crippen molar-refractivity contribution >= 4 is 44.4 Å². The number of nitro groups is 1. The lowest BCUT2D eigenvalue weighted by atomic mass is 10.0. The lowest BCUT2D eigenvalue weighted by molar-refractivity contribution is -0.384. The van der Waals surface area contributed by atoms with Gasteiger partial charge in [0.25, 0.3) is 5.69 Å². The molecule has 1 saturated heterocycles. The number of sulfonamides is 1. The molecule has 4 aromatic rings. The van der Waals surface area contributed by atoms with E-state index < -0.39 is 21.0 Å². The number of hydrogen-bond acceptors (Lipinski definition) is 7. The van der Waals surface area contributed by atoms with Crippen LogP contribution >= 0.6 is 12.2 Å². The summed E-state index contributed by atoms with van der Waals surface area (Å²) in [6.07, 6.45) is 2.77. The molecule has 188 valence electrons. The summed E-state index contributed by atoms with van der Waals surface area (Å²) in [6, 6.07) is 21.4. The van der Waals surface area contributed by atoms with Crippen molar-refractivity contribution in [1.29, 1.82) is 0 Å². The van der Waals surface area contributed by atoms with Gasteiger partial charge in [-0.2, -0.15) is 0 Å². The van der Waals surface area contributed by atoms with Crippen molar-refractivity contribution in [2.45, 2.75) is 12.1 Å². The molecule has 1 fully saturated rings. The fourth-order valence-corrected chi connectivity index (χ4v) is 5.23. The zero-order chi connectivity index (χ0) is 26.2. The van der Waals surface area contributed by atoms with Gasteiger partial charge in [-0.15, -0.1) is 0 Å². The fraction of sp³-hybridized carbons (Fsp3) is 0.120. The van der Waals surface area contributed by atoms with Crippen molar-refractivity contribution in [3.63, 3.8) is 0 Å². The monoisotopic (exact) mass is 535 g/mol. The molecule has 0 saturated carbocycles. The Morgan fingerprint density at radius 1 is 1.05 bits per heavy atom. The maximum Gasteiger partial charge on any atom is 0.280 e. The first-order valence-corrected chi connectivity index (χ1v) is 13.4. The van der Waals surface area contributed by atoms with E-state index in [1.165, 1.54) is 6.07 Å². The lowest BCUT2D eigenvalue weighted by Crippen LogP contribution is -2.29. The molecule has 1 aliphatic heterocycles. The summed E-state index contributed by atoms with van der Waals surface area (Å²) in [6.45, 7) is 0. The molecule has 0 spiro atoms. The highest BCUT2D eigenvalue weighted by atomic mass is 32.2. The van der Waals surface area contributed by atoms with E-state index in [0.29, 0.717) is 33.6 Å². The molecule has 5 rings (SSSR count). The number of nitrogens with one attached hydrogen (secondary N) is 2. The number of benzene rings is 2. The molecule has 3 heterocycles. The van der Waals surface area contributed by atoms with Crippen LogP contribution < -0.4 is 14.9 Å². The highest BCUT2D eigenvalue weighted by Gasteiger charge is 2.42. The number of nitro benzene ring substituents is 1. The van der Waals surface area contributed by atoms with Gasteiger partial charge in [0.05, 0.1) is 28.5 Å². The Morgan fingerprint density at radius 3 is 2.46 bits per heavy atom. The van der Waals surface area contributed by atoms with Crippen molar-refractivity contribution < 1.29 is 17.8 Å². The molecule has 0 amide bonds. The van der Waals surface area contributed by atoms with E-state index in [1.54, 1.807) is 60.8 Å². The Morgan fingerprint density at radius 2 is 1.78 bits per heavy atom. The number of rotatable bonds is 7. The van der Waals surface area contributed by atoms with Crippen molar-refractivity contribution in [3.05, 3.63) is 107 Å². The Balaban J connectivity index is 1.57. The number of nitrogens with zero attached hydrogens (tertiary/aromatic N) is 3. The third-order valence-electron chi connectivity index (χ3n) is 5.83. The van der Waals surface area contributed by atoms with Gasteiger partial charge in [0.2, 0.25) is 10.0 Å². The van der Waals surface area contributed by atoms with Crippen molar-refractivity contribution in [2.24, 2.45) is 0 Å². The van der Waals surface area contributed by atoms with Crippen LogP contribution in [0.25, 0.3) is 11.3 Å². The molecule has 2 aromatic carbocycles. The average molecular weight is 536 g/mol. The van der Waals surface area contributed by atoms with E-state index >= 15 is 0 Å². The van der Waals surface area contributed by atoms with Gasteiger partial charge in [-0.25, -0.2) is 8.42 Å². The second kappa shape index (κ2) is 9.64. The largest absolute Gasteiger partial charge is 0.459 e. The second-order valence-corrected chi connectivity index (χ2v) is 10.5. The van der Waals surface area contributed by atoms with Gasteiger partial charge in [-0.1, -0.05) is 18.2 Å². The highest BCUT2D eigenvalue weighted by Crippen LogP contribution is 2.43. The van der Waals surface area contributed by atoms with Crippen LogP contribution in [0.4, 0.5) is 17.1 Å². The number of furan rings is 1. The molecule has 2 N–H and O–H groups in total. The minimum absolute atomic E-state index is 0.0597. The minimum atomic E-state index is -3.42. The number of pyridine rings is 1. The van der Waals surface area contributed by atoms with Gasteiger partial charge in [-0.3, -0.25) is 19.8 Å². The normalized spacial score (nSPS) is 17.4. The van der Waals surface area contributed by atoms with Gasteiger partial charge in [-0.05, 0) is 66.8 Å². The topological polar surface area (TPSA) is 131 Å². The van der Waals surface area contributed by atoms with Crippen LogP contribution in [0.15, 0.2) is 89.5 Å². The number of anilines is 2. The quantitative estimate of drug-likeness (QED) is 0.195. The Labute approximate surface area is 218 Å². The highest BCUT2D eigenvalue weighted by molar-refractivity contribution is 7.92. The predicted octanol–water partition coefficient (Wildman–Crippen LogP) is 4.80. The molecule has 1 aliphatic rings. The summed E-state index contributed by atoms with van der Waals surface area (Å²) >= 11 is 5.70. The zero-order valence-corrected chi connectivity index (χ0v) is 21.1. The molecule has 2 atom stereocenters. The van der Waals surface area contributed by atoms with E-state index in [9.17, 15) is 18.5 Å². The molecule has 0 aliphatic carbocycles. The molecule has 10 nitrogen and oxygen atoms in total. The van der Waals surface area contributed by atoms with Gasteiger partial charge >= 0.3 is 0 Å². The molecule has 0 unspecified atom stereocenters. The SMILES string of the molecule is CS(=O)(=O)Nc1ccc(N2C(=S)N[C@@H](c3ccccn3)[C@@H]2c2ccc(-c3ccccc3[N+](=O)[O-])o2)cc1. The Hall–Kier alpha value is -4.29. The summed E-state index contributed by atoms with van der Waals surface area (Å²) in [5.74, 6) is 0.877. The van der Waals surface area contributed by atoms with Gasteiger partial charge < -0.3 is 14.6 Å². The van der Waals surface area contributed by atoms with Crippen molar-refractivity contribution in [1.82, 2.24) is 10.3 Å². The number of thiocarbonyl (C=S) groups is 1. The van der Waals surface area contributed by atoms with Crippen LogP contribution in [0, 0.1) is 10.1 Å². The molecule has 12 heteroatoms. The minimum Gasteiger partial charge on any atom is -0.459 e. The van der Waals surface area contributed by atoms with Crippen LogP contribution in [0.5, 0.6) is 0 Å². The van der Waals surface area contributed by atoms with E-state index in [0.717, 1.165) is 11.9 Å². The Bertz CT molecular complexity index is 1570. The van der Waals surface area contributed by atoms with Crippen LogP contribution in [0.2, 0.25) is 0 Å². The average Bonchev–Trinajstić information content (AvgIpc) is 3.49. The van der Waals surface area contributed by atoms with E-state index in [4.69, 9.17) is 16.6 Å². The summed E-state index contributed by atoms with van der Waals surface area (Å²) < 4.78 is 31.9. The number of hydrogen-bond donors (Lipinski definition) is 2. The summed E-state index contributed by atoms with van der Waals surface area (Å²) in [5.41, 5.74) is 2.15. The first-order chi connectivity index (χ1) is 17.7. The number of aromatic nitrogens is 1. The third-order valence-corrected chi connectivity index (χ3v) is 6.75. The molecule has 0 bridgehead atoms. The van der Waals surface area contributed by atoms with Crippen LogP contribution in [0.1, 0.15) is 23.5 Å². The van der Waals surface area contributed by atoms with Crippen molar-refractivity contribution in [3.8, 4) is 11.3 Å². The van der Waals surface area contributed by atoms with Crippen molar-refractivity contribution in [2.75, 3.05) is 15.9 Å². The van der Waals surface area contributed by atoms with Crippen LogP contribution in [-0.4, -0.2) is 29.7 Å². The van der Waals surface area contributed by atoms with E-state index in [1.807, 2.05) is 23.1 Å². The second-order valence-electron chi connectivity index (χ2n) is 8.39. The molecular formula is C25H21N5O5S2. The van der Waals surface area contributed by atoms with Gasteiger partial charge in [0.15, 0.2) is 5.11 Å². The summed E-state index contributed by atoms with van der Waals surface area (Å²) in [5, 5.41) is 15.3. The van der Waals surface area contributed by atoms with E-state index in [2.05, 4.69) is 15.0 Å². The Kier molecular flexibility index (Phi) is 6.36. The van der Waals surface area contributed by atoms with Crippen LogP contribution in [0.3, 0.4) is 0 Å².